The fraction of sp³-hybridized carbons (Fsp3) is 1.00. The van der Waals surface area contributed by atoms with E-state index in [0.717, 1.165) is 12.0 Å². The van der Waals surface area contributed by atoms with Gasteiger partial charge in [0, 0.05) is 25.7 Å². The first-order valence-corrected chi connectivity index (χ1v) is 8.51. The van der Waals surface area contributed by atoms with Gasteiger partial charge in [-0.3, -0.25) is 0 Å². The van der Waals surface area contributed by atoms with Crippen molar-refractivity contribution in [2.45, 2.75) is 71.8 Å². The van der Waals surface area contributed by atoms with Crippen molar-refractivity contribution in [2.75, 3.05) is 26.2 Å². The molecule has 2 heteroatoms. The first kappa shape index (κ1) is 15.3. The highest BCUT2D eigenvalue weighted by Gasteiger charge is 2.31. The molecule has 2 aliphatic rings. The molecule has 0 aromatic carbocycles. The lowest BCUT2D eigenvalue weighted by Gasteiger charge is -2.27. The molecule has 1 heterocycles. The lowest BCUT2D eigenvalue weighted by molar-refractivity contribution is 0.228. The molecule has 2 rings (SSSR count). The molecule has 1 atom stereocenters. The van der Waals surface area contributed by atoms with Gasteiger partial charge in [0.15, 0.2) is 0 Å². The fourth-order valence-electron chi connectivity index (χ4n) is 3.65. The maximum atomic E-state index is 3.80. The van der Waals surface area contributed by atoms with E-state index in [1.54, 1.807) is 0 Å². The Morgan fingerprint density at radius 1 is 1.00 bits per heavy atom. The minimum atomic E-state index is 0.490. The highest BCUT2D eigenvalue weighted by atomic mass is 15.2. The standard InChI is InChI=1S/C17H34N2/c1-17(2,3)15-10-12-19(14-15)13-11-18-16-8-6-4-5-7-9-16/h15-16,18H,4-14H2,1-3H3. The molecule has 1 aliphatic carbocycles. The van der Waals surface area contributed by atoms with Crippen LogP contribution in [0.15, 0.2) is 0 Å². The van der Waals surface area contributed by atoms with Crippen molar-refractivity contribution in [3.63, 3.8) is 0 Å². The van der Waals surface area contributed by atoms with Crippen LogP contribution in [0.3, 0.4) is 0 Å². The quantitative estimate of drug-likeness (QED) is 0.781. The Bertz CT molecular complexity index is 248. The van der Waals surface area contributed by atoms with Crippen LogP contribution in [0.25, 0.3) is 0 Å². The van der Waals surface area contributed by atoms with Crippen LogP contribution in [-0.2, 0) is 0 Å². The monoisotopic (exact) mass is 266 g/mol. The number of hydrogen-bond acceptors (Lipinski definition) is 2. The molecule has 2 fully saturated rings. The second-order valence-corrected chi connectivity index (χ2v) is 7.79. The van der Waals surface area contributed by atoms with Gasteiger partial charge in [0.1, 0.15) is 0 Å². The number of nitrogens with one attached hydrogen (secondary N) is 1. The van der Waals surface area contributed by atoms with Crippen molar-refractivity contribution >= 4 is 0 Å². The second kappa shape index (κ2) is 7.08. The van der Waals surface area contributed by atoms with E-state index in [1.165, 1.54) is 71.1 Å². The molecule has 1 aliphatic heterocycles. The zero-order valence-electron chi connectivity index (χ0n) is 13.4. The van der Waals surface area contributed by atoms with E-state index in [1.807, 2.05) is 0 Å². The van der Waals surface area contributed by atoms with Gasteiger partial charge >= 0.3 is 0 Å². The molecule has 19 heavy (non-hydrogen) atoms. The van der Waals surface area contributed by atoms with Gasteiger partial charge in [-0.2, -0.15) is 0 Å². The smallest absolute Gasteiger partial charge is 0.0107 e. The van der Waals surface area contributed by atoms with Gasteiger partial charge < -0.3 is 10.2 Å². The molecule has 1 saturated carbocycles. The predicted molar refractivity (Wildman–Crippen MR) is 83.5 cm³/mol. The topological polar surface area (TPSA) is 15.3 Å². The first-order chi connectivity index (χ1) is 9.05. The van der Waals surface area contributed by atoms with E-state index in [0.29, 0.717) is 5.41 Å². The molecular formula is C17H34N2. The van der Waals surface area contributed by atoms with Crippen molar-refractivity contribution in [1.29, 1.82) is 0 Å². The Labute approximate surface area is 120 Å². The van der Waals surface area contributed by atoms with E-state index in [-0.39, 0.29) is 0 Å². The summed E-state index contributed by atoms with van der Waals surface area (Å²) < 4.78 is 0. The number of likely N-dealkylation sites (tertiary alicyclic amines) is 1. The average molecular weight is 266 g/mol. The third-order valence-electron chi connectivity index (χ3n) is 5.21. The summed E-state index contributed by atoms with van der Waals surface area (Å²) in [6.45, 7) is 12.3. The van der Waals surface area contributed by atoms with E-state index >= 15 is 0 Å². The molecular weight excluding hydrogens is 232 g/mol. The van der Waals surface area contributed by atoms with Crippen LogP contribution in [-0.4, -0.2) is 37.1 Å². The summed E-state index contributed by atoms with van der Waals surface area (Å²) in [6.07, 6.45) is 10.00. The van der Waals surface area contributed by atoms with Crippen LogP contribution in [0.5, 0.6) is 0 Å². The molecule has 0 amide bonds. The van der Waals surface area contributed by atoms with Crippen LogP contribution < -0.4 is 5.32 Å². The summed E-state index contributed by atoms with van der Waals surface area (Å²) in [6, 6.07) is 0.809. The zero-order chi connectivity index (χ0) is 13.7. The summed E-state index contributed by atoms with van der Waals surface area (Å²) in [5.41, 5.74) is 0.490. The van der Waals surface area contributed by atoms with Gasteiger partial charge in [-0.05, 0) is 37.1 Å². The molecule has 0 spiro atoms. The predicted octanol–water partition coefficient (Wildman–Crippen LogP) is 3.67. The molecule has 0 bridgehead atoms. The first-order valence-electron chi connectivity index (χ1n) is 8.51. The molecule has 2 nitrogen and oxygen atoms in total. The summed E-state index contributed by atoms with van der Waals surface area (Å²) in [5.74, 6) is 0.894. The van der Waals surface area contributed by atoms with E-state index in [4.69, 9.17) is 0 Å². The normalized spacial score (nSPS) is 27.6. The lowest BCUT2D eigenvalue weighted by atomic mass is 9.80. The Hall–Kier alpha value is -0.0800. The Morgan fingerprint density at radius 3 is 2.26 bits per heavy atom. The number of rotatable bonds is 4. The Kier molecular flexibility index (Phi) is 5.70. The molecule has 0 aromatic rings. The van der Waals surface area contributed by atoms with Gasteiger partial charge in [0.25, 0.3) is 0 Å². The average Bonchev–Trinajstić information content (AvgIpc) is 2.67. The Morgan fingerprint density at radius 2 is 1.68 bits per heavy atom. The van der Waals surface area contributed by atoms with E-state index < -0.39 is 0 Å². The van der Waals surface area contributed by atoms with Crippen LogP contribution in [0.2, 0.25) is 0 Å². The van der Waals surface area contributed by atoms with Crippen LogP contribution in [0.1, 0.15) is 65.7 Å². The van der Waals surface area contributed by atoms with E-state index in [9.17, 15) is 0 Å². The minimum Gasteiger partial charge on any atom is -0.313 e. The molecule has 1 saturated heterocycles. The second-order valence-electron chi connectivity index (χ2n) is 7.79. The van der Waals surface area contributed by atoms with Crippen molar-refractivity contribution < 1.29 is 0 Å². The van der Waals surface area contributed by atoms with Crippen molar-refractivity contribution in [3.05, 3.63) is 0 Å². The van der Waals surface area contributed by atoms with Crippen molar-refractivity contribution in [2.24, 2.45) is 11.3 Å². The van der Waals surface area contributed by atoms with Crippen LogP contribution >= 0.6 is 0 Å². The van der Waals surface area contributed by atoms with Crippen molar-refractivity contribution in [1.82, 2.24) is 10.2 Å². The zero-order valence-corrected chi connectivity index (χ0v) is 13.4. The minimum absolute atomic E-state index is 0.490. The van der Waals surface area contributed by atoms with Crippen molar-refractivity contribution in [3.8, 4) is 0 Å². The van der Waals surface area contributed by atoms with E-state index in [2.05, 4.69) is 31.0 Å². The highest BCUT2D eigenvalue weighted by molar-refractivity contribution is 4.84. The highest BCUT2D eigenvalue weighted by Crippen LogP contribution is 2.33. The molecule has 1 unspecified atom stereocenters. The maximum absolute atomic E-state index is 3.80. The summed E-state index contributed by atoms with van der Waals surface area (Å²) in [4.78, 5) is 2.67. The van der Waals surface area contributed by atoms with Crippen LogP contribution in [0, 0.1) is 11.3 Å². The molecule has 1 N–H and O–H groups in total. The Balaban J connectivity index is 1.61. The summed E-state index contributed by atoms with van der Waals surface area (Å²) in [5, 5.41) is 3.80. The lowest BCUT2D eigenvalue weighted by Crippen LogP contribution is -2.36. The molecule has 0 radical (unpaired) electrons. The van der Waals surface area contributed by atoms with Gasteiger partial charge in [-0.25, -0.2) is 0 Å². The molecule has 0 aromatic heterocycles. The van der Waals surface area contributed by atoms with Crippen LogP contribution in [0.4, 0.5) is 0 Å². The molecule has 112 valence electrons. The summed E-state index contributed by atoms with van der Waals surface area (Å²) in [7, 11) is 0. The van der Waals surface area contributed by atoms with Gasteiger partial charge in [-0.15, -0.1) is 0 Å². The largest absolute Gasteiger partial charge is 0.313 e. The van der Waals surface area contributed by atoms with Gasteiger partial charge in [-0.1, -0.05) is 46.5 Å². The van der Waals surface area contributed by atoms with Gasteiger partial charge in [0.05, 0.1) is 0 Å². The number of nitrogens with zero attached hydrogens (tertiary/aromatic N) is 1. The number of hydrogen-bond donors (Lipinski definition) is 1. The maximum Gasteiger partial charge on any atom is 0.0107 e. The third-order valence-corrected chi connectivity index (χ3v) is 5.21. The van der Waals surface area contributed by atoms with Gasteiger partial charge in [0.2, 0.25) is 0 Å². The fourth-order valence-corrected chi connectivity index (χ4v) is 3.65. The third kappa shape index (κ3) is 5.07. The SMILES string of the molecule is CC(C)(C)C1CCN(CCNC2CCCCCC2)C1. The summed E-state index contributed by atoms with van der Waals surface area (Å²) >= 11 is 0.